The van der Waals surface area contributed by atoms with Crippen molar-refractivity contribution >= 4 is 29.5 Å². The van der Waals surface area contributed by atoms with Crippen molar-refractivity contribution in [1.29, 1.82) is 0 Å². The van der Waals surface area contributed by atoms with Gasteiger partial charge in [0.1, 0.15) is 6.04 Å². The molecule has 1 spiro atoms. The van der Waals surface area contributed by atoms with E-state index in [1.54, 1.807) is 28.8 Å². The van der Waals surface area contributed by atoms with Crippen molar-refractivity contribution in [2.75, 3.05) is 19.7 Å². The number of likely N-dealkylation sites (tertiary alicyclic amines) is 1. The van der Waals surface area contributed by atoms with Gasteiger partial charge in [-0.3, -0.25) is 14.4 Å². The smallest absolute Gasteiger partial charge is 0.247 e. The maximum atomic E-state index is 15.3. The first-order valence-corrected chi connectivity index (χ1v) is 17.9. The molecule has 3 saturated heterocycles. The summed E-state index contributed by atoms with van der Waals surface area (Å²) in [5.74, 6) is -1.52. The number of fused-ring (bicyclic) bond motifs is 1. The van der Waals surface area contributed by atoms with Gasteiger partial charge in [0.25, 0.3) is 0 Å². The van der Waals surface area contributed by atoms with Crippen LogP contribution in [0.5, 0.6) is 0 Å². The molecule has 8 atom stereocenters. The van der Waals surface area contributed by atoms with Gasteiger partial charge >= 0.3 is 0 Å². The predicted octanol–water partition coefficient (Wildman–Crippen LogP) is 6.17. The fourth-order valence-electron chi connectivity index (χ4n) is 8.90. The summed E-state index contributed by atoms with van der Waals surface area (Å²) in [6.45, 7) is 25.8. The van der Waals surface area contributed by atoms with Crippen LogP contribution < -0.4 is 0 Å². The predicted molar refractivity (Wildman–Crippen MR) is 188 cm³/mol. The van der Waals surface area contributed by atoms with Crippen molar-refractivity contribution in [2.45, 2.75) is 109 Å². The normalized spacial score (nSPS) is 28.5. The second-order valence-corrected chi connectivity index (χ2v) is 17.3. The molecular formula is C38H57N3O4S. The van der Waals surface area contributed by atoms with Crippen LogP contribution in [0.2, 0.25) is 0 Å². The van der Waals surface area contributed by atoms with E-state index >= 15 is 4.79 Å². The molecule has 1 aromatic carbocycles. The monoisotopic (exact) mass is 651 g/mol. The van der Waals surface area contributed by atoms with Gasteiger partial charge in [0.05, 0.1) is 29.2 Å². The highest BCUT2D eigenvalue weighted by Crippen LogP contribution is 2.69. The molecule has 3 aliphatic heterocycles. The third kappa shape index (κ3) is 6.45. The Hall–Kier alpha value is -2.58. The number of carbonyl (C=O) groups is 3. The molecule has 8 heteroatoms. The summed E-state index contributed by atoms with van der Waals surface area (Å²) in [4.78, 5) is 50.3. The van der Waals surface area contributed by atoms with Crippen LogP contribution in [0, 0.1) is 29.1 Å². The molecule has 1 N–H and O–H groups in total. The highest BCUT2D eigenvalue weighted by molar-refractivity contribution is 8.02. The Morgan fingerprint density at radius 1 is 1.11 bits per heavy atom. The van der Waals surface area contributed by atoms with E-state index in [0.29, 0.717) is 19.6 Å². The summed E-state index contributed by atoms with van der Waals surface area (Å²) in [5, 5.41) is 10.8. The first-order chi connectivity index (χ1) is 21.6. The van der Waals surface area contributed by atoms with E-state index in [0.717, 1.165) is 24.8 Å². The summed E-state index contributed by atoms with van der Waals surface area (Å²) in [5.41, 5.74) is 0.453. The first kappa shape index (κ1) is 36.3. The van der Waals surface area contributed by atoms with E-state index < -0.39 is 34.2 Å². The molecule has 3 fully saturated rings. The van der Waals surface area contributed by atoms with Crippen LogP contribution in [0.25, 0.3) is 0 Å². The molecule has 0 aliphatic carbocycles. The lowest BCUT2D eigenvalue weighted by atomic mass is 9.65. The molecule has 254 valence electrons. The number of nitrogens with zero attached hydrogens (tertiary/aromatic N) is 3. The van der Waals surface area contributed by atoms with Crippen LogP contribution in [0.1, 0.15) is 80.2 Å². The van der Waals surface area contributed by atoms with Gasteiger partial charge in [0.2, 0.25) is 17.7 Å². The molecule has 0 aromatic heterocycles. The average Bonchev–Trinajstić information content (AvgIpc) is 3.58. The lowest BCUT2D eigenvalue weighted by Gasteiger charge is -2.48. The number of aliphatic hydroxyl groups is 1. The Morgan fingerprint density at radius 2 is 1.74 bits per heavy atom. The topological polar surface area (TPSA) is 81.2 Å². The minimum absolute atomic E-state index is 0.0306. The highest BCUT2D eigenvalue weighted by Gasteiger charge is 2.77. The maximum absolute atomic E-state index is 15.3. The molecule has 1 aromatic rings. The van der Waals surface area contributed by atoms with Crippen molar-refractivity contribution in [1.82, 2.24) is 14.7 Å². The van der Waals surface area contributed by atoms with E-state index in [4.69, 9.17) is 0 Å². The average molecular weight is 652 g/mol. The minimum Gasteiger partial charge on any atom is -0.394 e. The molecule has 7 nitrogen and oxygen atoms in total. The molecule has 3 amide bonds. The van der Waals surface area contributed by atoms with Gasteiger partial charge in [-0.15, -0.1) is 24.9 Å². The number of benzene rings is 1. The van der Waals surface area contributed by atoms with Crippen LogP contribution in [0.3, 0.4) is 0 Å². The standard InChI is InChI=1S/C38H57N3O4S/c1-11-19-39(22-27-17-15-14-16-18-27)33(43)30-29-21-26(5)38(46-29)31(30)34(44)41(28(23-42)25(4)13-3)32(38)35(45)40(20-12-2)37(9,10)24-36(6,7)8/h11-12,14-18,25-26,28-32,42H,1-2,13,19-24H2,3-10H3/t25-,26?,28-,29-,30+,31-,32?,38?/m0/s1. The third-order valence-electron chi connectivity index (χ3n) is 10.7. The molecule has 46 heavy (non-hydrogen) atoms. The van der Waals surface area contributed by atoms with Crippen molar-refractivity contribution in [3.05, 3.63) is 61.2 Å². The number of hydrogen-bond donors (Lipinski definition) is 1. The Morgan fingerprint density at radius 3 is 2.28 bits per heavy atom. The van der Waals surface area contributed by atoms with E-state index in [1.807, 2.05) is 54.0 Å². The third-order valence-corrected chi connectivity index (χ3v) is 12.8. The Labute approximate surface area is 281 Å². The Bertz CT molecular complexity index is 1290. The lowest BCUT2D eigenvalue weighted by molar-refractivity contribution is -0.150. The van der Waals surface area contributed by atoms with Gasteiger partial charge < -0.3 is 19.8 Å². The summed E-state index contributed by atoms with van der Waals surface area (Å²) < 4.78 is -0.774. The van der Waals surface area contributed by atoms with Gasteiger partial charge in [0.15, 0.2) is 0 Å². The Balaban J connectivity index is 1.85. The fourth-order valence-corrected chi connectivity index (χ4v) is 11.3. The van der Waals surface area contributed by atoms with Crippen LogP contribution in [-0.4, -0.2) is 84.8 Å². The van der Waals surface area contributed by atoms with Gasteiger partial charge in [0, 0.05) is 30.4 Å². The largest absolute Gasteiger partial charge is 0.394 e. The summed E-state index contributed by atoms with van der Waals surface area (Å²) in [6, 6.07) is 8.57. The van der Waals surface area contributed by atoms with E-state index in [2.05, 4.69) is 54.7 Å². The quantitative estimate of drug-likeness (QED) is 0.243. The molecule has 0 radical (unpaired) electrons. The summed E-state index contributed by atoms with van der Waals surface area (Å²) >= 11 is 1.70. The molecule has 0 saturated carbocycles. The summed E-state index contributed by atoms with van der Waals surface area (Å²) in [7, 11) is 0. The zero-order valence-electron chi connectivity index (χ0n) is 29.4. The number of rotatable bonds is 14. The zero-order valence-corrected chi connectivity index (χ0v) is 30.2. The highest BCUT2D eigenvalue weighted by atomic mass is 32.2. The first-order valence-electron chi connectivity index (χ1n) is 17.1. The van der Waals surface area contributed by atoms with Gasteiger partial charge in [-0.2, -0.15) is 0 Å². The van der Waals surface area contributed by atoms with E-state index in [9.17, 15) is 14.7 Å². The minimum atomic E-state index is -0.792. The van der Waals surface area contributed by atoms with Gasteiger partial charge in [-0.05, 0) is 49.5 Å². The Kier molecular flexibility index (Phi) is 10.9. The summed E-state index contributed by atoms with van der Waals surface area (Å²) in [6.07, 6.45) is 5.77. The van der Waals surface area contributed by atoms with Gasteiger partial charge in [-0.25, -0.2) is 0 Å². The fraction of sp³-hybridized carbons (Fsp3) is 0.658. The molecule has 2 bridgehead atoms. The molecule has 3 aliphatic rings. The van der Waals surface area contributed by atoms with Crippen LogP contribution in [0.4, 0.5) is 0 Å². The van der Waals surface area contributed by atoms with Crippen LogP contribution >= 0.6 is 11.8 Å². The maximum Gasteiger partial charge on any atom is 0.247 e. The van der Waals surface area contributed by atoms with E-state index in [1.165, 1.54) is 0 Å². The number of hydrogen-bond acceptors (Lipinski definition) is 5. The molecule has 4 rings (SSSR count). The SMILES string of the molecule is C=CCN(Cc1ccccc1)C(=O)[C@@H]1[C@@H]2CC(C)C3(S2)C(C(=O)N(CC=C)C(C)(C)CC(C)(C)C)N([C@@H](CO)[C@@H](C)CC)C(=O)[C@H]13. The number of thioether (sulfide) groups is 1. The van der Waals surface area contributed by atoms with E-state index in [-0.39, 0.29) is 46.8 Å². The van der Waals surface area contributed by atoms with Gasteiger partial charge in [-0.1, -0.05) is 90.4 Å². The molecule has 3 unspecified atom stereocenters. The number of aliphatic hydroxyl groups excluding tert-OH is 1. The number of amides is 3. The number of carbonyl (C=O) groups excluding carboxylic acids is 3. The molecular weight excluding hydrogens is 595 g/mol. The molecule has 3 heterocycles. The van der Waals surface area contributed by atoms with Crippen LogP contribution in [0.15, 0.2) is 55.6 Å². The lowest BCUT2D eigenvalue weighted by Crippen LogP contribution is -2.63. The zero-order chi connectivity index (χ0) is 34.2. The van der Waals surface area contributed by atoms with Crippen LogP contribution in [-0.2, 0) is 20.9 Å². The van der Waals surface area contributed by atoms with Crippen molar-refractivity contribution in [3.63, 3.8) is 0 Å². The van der Waals surface area contributed by atoms with Crippen molar-refractivity contribution < 1.29 is 19.5 Å². The second-order valence-electron chi connectivity index (χ2n) is 15.7. The van der Waals surface area contributed by atoms with Crippen molar-refractivity contribution in [3.8, 4) is 0 Å². The van der Waals surface area contributed by atoms with Crippen molar-refractivity contribution in [2.24, 2.45) is 29.1 Å². The second kappa shape index (κ2) is 13.9.